The van der Waals surface area contributed by atoms with Crippen molar-refractivity contribution in [3.8, 4) is 0 Å². The van der Waals surface area contributed by atoms with E-state index in [2.05, 4.69) is 20.5 Å². The van der Waals surface area contributed by atoms with Crippen LogP contribution in [0.4, 0.5) is 0 Å². The van der Waals surface area contributed by atoms with Gasteiger partial charge in [0.25, 0.3) is 5.91 Å². The highest BCUT2D eigenvalue weighted by atomic mass is 35.5. The summed E-state index contributed by atoms with van der Waals surface area (Å²) in [5, 5.41) is 10.3. The molecule has 1 saturated heterocycles. The van der Waals surface area contributed by atoms with Crippen LogP contribution in [0.2, 0.25) is 5.02 Å². The zero-order valence-electron chi connectivity index (χ0n) is 14.8. The van der Waals surface area contributed by atoms with Gasteiger partial charge >= 0.3 is 0 Å². The van der Waals surface area contributed by atoms with E-state index >= 15 is 0 Å². The van der Waals surface area contributed by atoms with Crippen molar-refractivity contribution in [3.05, 3.63) is 46.5 Å². The molecule has 1 fully saturated rings. The molecule has 1 aliphatic rings. The van der Waals surface area contributed by atoms with Gasteiger partial charge in [-0.05, 0) is 38.8 Å². The van der Waals surface area contributed by atoms with E-state index in [1.54, 1.807) is 29.2 Å². The fourth-order valence-electron chi connectivity index (χ4n) is 3.10. The van der Waals surface area contributed by atoms with Gasteiger partial charge in [0.05, 0.1) is 16.6 Å². The highest BCUT2D eigenvalue weighted by Gasteiger charge is 2.29. The molecule has 2 amide bonds. The number of benzene rings is 1. The van der Waals surface area contributed by atoms with Crippen LogP contribution in [0.15, 0.2) is 24.3 Å². The van der Waals surface area contributed by atoms with E-state index in [1.807, 2.05) is 13.8 Å². The lowest BCUT2D eigenvalue weighted by Crippen LogP contribution is -2.43. The molecule has 1 atom stereocenters. The summed E-state index contributed by atoms with van der Waals surface area (Å²) < 4.78 is 0. The number of hydrogen-bond acceptors (Lipinski definition) is 4. The number of H-pyrrole nitrogens is 1. The number of aryl methyl sites for hydroxylation is 1. The van der Waals surface area contributed by atoms with E-state index in [9.17, 15) is 9.59 Å². The van der Waals surface area contributed by atoms with Crippen LogP contribution in [0.3, 0.4) is 0 Å². The third-order valence-electron chi connectivity index (χ3n) is 4.62. The Morgan fingerprint density at radius 3 is 2.62 bits per heavy atom. The van der Waals surface area contributed by atoms with E-state index in [0.717, 1.165) is 0 Å². The van der Waals surface area contributed by atoms with Crippen LogP contribution in [0.25, 0.3) is 0 Å². The molecular weight excluding hydrogens is 354 g/mol. The Labute approximate surface area is 157 Å². The number of nitrogens with one attached hydrogen (secondary N) is 2. The smallest absolute Gasteiger partial charge is 0.255 e. The van der Waals surface area contributed by atoms with Crippen LogP contribution >= 0.6 is 11.6 Å². The van der Waals surface area contributed by atoms with Crippen molar-refractivity contribution in [1.82, 2.24) is 25.4 Å². The van der Waals surface area contributed by atoms with Crippen LogP contribution in [0.5, 0.6) is 0 Å². The monoisotopic (exact) mass is 375 g/mol. The third-order valence-corrected chi connectivity index (χ3v) is 4.95. The molecule has 1 aromatic heterocycles. The highest BCUT2D eigenvalue weighted by Crippen LogP contribution is 2.23. The van der Waals surface area contributed by atoms with Crippen LogP contribution in [0, 0.1) is 12.8 Å². The Kier molecular flexibility index (Phi) is 5.56. The molecule has 26 heavy (non-hydrogen) atoms. The zero-order valence-corrected chi connectivity index (χ0v) is 15.6. The lowest BCUT2D eigenvalue weighted by molar-refractivity contribution is -0.127. The fourth-order valence-corrected chi connectivity index (χ4v) is 3.32. The molecule has 0 bridgehead atoms. The number of aromatic nitrogens is 3. The normalized spacial score (nSPS) is 16.3. The Balaban J connectivity index is 1.54. The quantitative estimate of drug-likeness (QED) is 0.858. The molecule has 0 saturated carbocycles. The molecule has 2 heterocycles. The SMILES string of the molecule is Cc1nc([C@@H](C)NC(=O)C2CCN(C(=O)c3ccccc3Cl)CC2)n[nH]1. The van der Waals surface area contributed by atoms with E-state index in [4.69, 9.17) is 11.6 Å². The van der Waals surface area contributed by atoms with Gasteiger partial charge in [-0.1, -0.05) is 23.7 Å². The molecule has 0 radical (unpaired) electrons. The number of likely N-dealkylation sites (tertiary alicyclic amines) is 1. The zero-order chi connectivity index (χ0) is 18.7. The summed E-state index contributed by atoms with van der Waals surface area (Å²) in [7, 11) is 0. The number of carbonyl (C=O) groups excluding carboxylic acids is 2. The minimum absolute atomic E-state index is 0.0233. The molecule has 0 spiro atoms. The second-order valence-electron chi connectivity index (χ2n) is 6.56. The summed E-state index contributed by atoms with van der Waals surface area (Å²) in [5.41, 5.74) is 0.505. The van der Waals surface area contributed by atoms with Crippen LogP contribution in [-0.2, 0) is 4.79 Å². The first-order valence-electron chi connectivity index (χ1n) is 8.68. The maximum Gasteiger partial charge on any atom is 0.255 e. The van der Waals surface area contributed by atoms with Gasteiger partial charge in [-0.15, -0.1) is 0 Å². The maximum absolute atomic E-state index is 12.6. The van der Waals surface area contributed by atoms with Gasteiger partial charge in [-0.3, -0.25) is 14.7 Å². The topological polar surface area (TPSA) is 91.0 Å². The third kappa shape index (κ3) is 4.04. The van der Waals surface area contributed by atoms with Crippen molar-refractivity contribution in [2.75, 3.05) is 13.1 Å². The predicted molar refractivity (Wildman–Crippen MR) is 97.8 cm³/mol. The van der Waals surface area contributed by atoms with Gasteiger partial charge in [0.15, 0.2) is 5.82 Å². The van der Waals surface area contributed by atoms with Crippen molar-refractivity contribution in [1.29, 1.82) is 0 Å². The number of nitrogens with zero attached hydrogens (tertiary/aromatic N) is 3. The van der Waals surface area contributed by atoms with E-state index in [1.165, 1.54) is 0 Å². The lowest BCUT2D eigenvalue weighted by atomic mass is 9.95. The number of aromatic amines is 1. The minimum Gasteiger partial charge on any atom is -0.346 e. The second kappa shape index (κ2) is 7.86. The Hall–Kier alpha value is -2.41. The molecule has 0 unspecified atom stereocenters. The minimum atomic E-state index is -0.254. The maximum atomic E-state index is 12.6. The molecule has 0 aliphatic carbocycles. The van der Waals surface area contributed by atoms with Gasteiger partial charge in [0.1, 0.15) is 5.82 Å². The Morgan fingerprint density at radius 1 is 1.31 bits per heavy atom. The predicted octanol–water partition coefficient (Wildman–Crippen LogP) is 2.50. The average molecular weight is 376 g/mol. The van der Waals surface area contributed by atoms with E-state index in [-0.39, 0.29) is 23.8 Å². The van der Waals surface area contributed by atoms with Gasteiger partial charge in [0.2, 0.25) is 5.91 Å². The second-order valence-corrected chi connectivity index (χ2v) is 6.96. The first-order chi connectivity index (χ1) is 12.5. The van der Waals surface area contributed by atoms with Crippen molar-refractivity contribution >= 4 is 23.4 Å². The molecule has 1 aromatic carbocycles. The van der Waals surface area contributed by atoms with Crippen molar-refractivity contribution in [3.63, 3.8) is 0 Å². The molecule has 2 N–H and O–H groups in total. The molecule has 7 nitrogen and oxygen atoms in total. The van der Waals surface area contributed by atoms with Crippen molar-refractivity contribution in [2.24, 2.45) is 5.92 Å². The van der Waals surface area contributed by atoms with E-state index in [0.29, 0.717) is 48.2 Å². The number of rotatable bonds is 4. The van der Waals surface area contributed by atoms with Gasteiger partial charge in [-0.2, -0.15) is 5.10 Å². The lowest BCUT2D eigenvalue weighted by Gasteiger charge is -2.32. The van der Waals surface area contributed by atoms with Crippen LogP contribution < -0.4 is 5.32 Å². The fraction of sp³-hybridized carbons (Fsp3) is 0.444. The number of carbonyl (C=O) groups is 2. The number of hydrogen-bond donors (Lipinski definition) is 2. The summed E-state index contributed by atoms with van der Waals surface area (Å²) in [6, 6.07) is 6.78. The van der Waals surface area contributed by atoms with Crippen molar-refractivity contribution in [2.45, 2.75) is 32.7 Å². The summed E-state index contributed by atoms with van der Waals surface area (Å²) in [4.78, 5) is 31.1. The van der Waals surface area contributed by atoms with Crippen LogP contribution in [-0.4, -0.2) is 45.0 Å². The first-order valence-corrected chi connectivity index (χ1v) is 9.06. The largest absolute Gasteiger partial charge is 0.346 e. The summed E-state index contributed by atoms with van der Waals surface area (Å²) in [5.74, 6) is 1.06. The summed E-state index contributed by atoms with van der Waals surface area (Å²) in [6.07, 6.45) is 1.25. The first kappa shape index (κ1) is 18.4. The van der Waals surface area contributed by atoms with Gasteiger partial charge in [-0.25, -0.2) is 4.98 Å². The number of halogens is 1. The Morgan fingerprint density at radius 2 is 2.00 bits per heavy atom. The summed E-state index contributed by atoms with van der Waals surface area (Å²) >= 11 is 6.11. The summed E-state index contributed by atoms with van der Waals surface area (Å²) in [6.45, 7) is 4.75. The molecule has 1 aliphatic heterocycles. The van der Waals surface area contributed by atoms with Gasteiger partial charge < -0.3 is 10.2 Å². The Bertz CT molecular complexity index is 798. The molecule has 2 aromatic rings. The molecule has 138 valence electrons. The standard InChI is InChI=1S/C18H22ClN5O2/c1-11(16-21-12(2)22-23-16)20-17(25)13-7-9-24(10-8-13)18(26)14-5-3-4-6-15(14)19/h3-6,11,13H,7-10H2,1-2H3,(H,20,25)(H,21,22,23)/t11-/m1/s1. The molecule has 3 rings (SSSR count). The van der Waals surface area contributed by atoms with Crippen LogP contribution in [0.1, 0.15) is 47.8 Å². The molecular formula is C18H22ClN5O2. The van der Waals surface area contributed by atoms with Gasteiger partial charge in [0, 0.05) is 19.0 Å². The van der Waals surface area contributed by atoms with E-state index < -0.39 is 0 Å². The average Bonchev–Trinajstić information content (AvgIpc) is 3.08. The van der Waals surface area contributed by atoms with Crippen molar-refractivity contribution < 1.29 is 9.59 Å². The highest BCUT2D eigenvalue weighted by molar-refractivity contribution is 6.33. The molecule has 8 heteroatoms. The number of amides is 2. The number of piperidine rings is 1.